The lowest BCUT2D eigenvalue weighted by atomic mass is 10.2. The first-order valence-electron chi connectivity index (χ1n) is 6.07. The Kier molecular flexibility index (Phi) is 6.26. The van der Waals surface area contributed by atoms with Crippen molar-refractivity contribution in [2.24, 2.45) is 0 Å². The van der Waals surface area contributed by atoms with Crippen molar-refractivity contribution in [2.75, 3.05) is 11.9 Å². The Morgan fingerprint density at radius 2 is 2.24 bits per heavy atom. The standard InChI is InChI=1S/C12H20BrN3O/c1-3-16-11(9-10(2)15-16)12(17)14-8-6-4-5-7-13/h9H,3-8H2,1-2H3,(H,14,17). The Balaban J connectivity index is 2.41. The van der Waals surface area contributed by atoms with Crippen LogP contribution in [0, 0.1) is 6.92 Å². The predicted molar refractivity (Wildman–Crippen MR) is 72.6 cm³/mol. The Morgan fingerprint density at radius 1 is 1.47 bits per heavy atom. The number of hydrogen-bond donors (Lipinski definition) is 1. The zero-order valence-corrected chi connectivity index (χ0v) is 12.1. The van der Waals surface area contributed by atoms with Crippen LogP contribution in [0.3, 0.4) is 0 Å². The lowest BCUT2D eigenvalue weighted by Crippen LogP contribution is -2.27. The SMILES string of the molecule is CCn1nc(C)cc1C(=O)NCCCCCBr. The number of nitrogens with zero attached hydrogens (tertiary/aromatic N) is 2. The lowest BCUT2D eigenvalue weighted by Gasteiger charge is -2.06. The summed E-state index contributed by atoms with van der Waals surface area (Å²) in [5.41, 5.74) is 1.54. The Labute approximate surface area is 111 Å². The fourth-order valence-corrected chi connectivity index (χ4v) is 2.05. The number of carbonyl (C=O) groups excluding carboxylic acids is 1. The number of amides is 1. The molecule has 0 saturated heterocycles. The molecular formula is C12H20BrN3O. The van der Waals surface area contributed by atoms with Crippen LogP contribution in [0.25, 0.3) is 0 Å². The molecular weight excluding hydrogens is 282 g/mol. The first-order chi connectivity index (χ1) is 8.19. The molecule has 96 valence electrons. The fraction of sp³-hybridized carbons (Fsp3) is 0.667. The van der Waals surface area contributed by atoms with Gasteiger partial charge in [0.15, 0.2) is 0 Å². The summed E-state index contributed by atoms with van der Waals surface area (Å²) in [6.45, 7) is 5.35. The number of unbranched alkanes of at least 4 members (excludes halogenated alkanes) is 2. The Bertz CT molecular complexity index is 363. The van der Waals surface area contributed by atoms with Gasteiger partial charge in [0.2, 0.25) is 0 Å². The zero-order valence-electron chi connectivity index (χ0n) is 10.5. The van der Waals surface area contributed by atoms with E-state index in [4.69, 9.17) is 0 Å². The van der Waals surface area contributed by atoms with Crippen molar-refractivity contribution in [2.45, 2.75) is 39.7 Å². The maximum absolute atomic E-state index is 11.9. The molecule has 1 aromatic heterocycles. The molecule has 17 heavy (non-hydrogen) atoms. The van der Waals surface area contributed by atoms with E-state index < -0.39 is 0 Å². The van der Waals surface area contributed by atoms with Gasteiger partial charge < -0.3 is 5.32 Å². The van der Waals surface area contributed by atoms with Crippen LogP contribution in [-0.4, -0.2) is 27.6 Å². The molecule has 1 N–H and O–H groups in total. The summed E-state index contributed by atoms with van der Waals surface area (Å²) in [6.07, 6.45) is 3.32. The van der Waals surface area contributed by atoms with Gasteiger partial charge in [0.25, 0.3) is 5.91 Å². The number of rotatable bonds is 7. The van der Waals surface area contributed by atoms with Crippen LogP contribution < -0.4 is 5.32 Å². The second-order valence-corrected chi connectivity index (χ2v) is 4.79. The third kappa shape index (κ3) is 4.50. The van der Waals surface area contributed by atoms with Gasteiger partial charge in [-0.3, -0.25) is 9.48 Å². The van der Waals surface area contributed by atoms with E-state index in [-0.39, 0.29) is 5.91 Å². The number of hydrogen-bond acceptors (Lipinski definition) is 2. The van der Waals surface area contributed by atoms with Crippen LogP contribution in [-0.2, 0) is 6.54 Å². The maximum atomic E-state index is 11.9. The highest BCUT2D eigenvalue weighted by atomic mass is 79.9. The minimum Gasteiger partial charge on any atom is -0.351 e. The van der Waals surface area contributed by atoms with E-state index in [2.05, 4.69) is 26.3 Å². The quantitative estimate of drug-likeness (QED) is 0.621. The number of carbonyl (C=O) groups is 1. The highest BCUT2D eigenvalue weighted by molar-refractivity contribution is 9.09. The molecule has 0 aliphatic carbocycles. The van der Waals surface area contributed by atoms with Crippen molar-refractivity contribution in [1.82, 2.24) is 15.1 Å². The summed E-state index contributed by atoms with van der Waals surface area (Å²) in [7, 11) is 0. The summed E-state index contributed by atoms with van der Waals surface area (Å²) >= 11 is 3.39. The van der Waals surface area contributed by atoms with E-state index in [0.717, 1.165) is 43.4 Å². The molecule has 0 atom stereocenters. The van der Waals surface area contributed by atoms with Crippen LogP contribution in [0.15, 0.2) is 6.07 Å². The van der Waals surface area contributed by atoms with E-state index in [1.54, 1.807) is 4.68 Å². The summed E-state index contributed by atoms with van der Waals surface area (Å²) in [5.74, 6) is -0.0220. The summed E-state index contributed by atoms with van der Waals surface area (Å²) in [5, 5.41) is 8.22. The van der Waals surface area contributed by atoms with Gasteiger partial charge in [0.1, 0.15) is 5.69 Å². The summed E-state index contributed by atoms with van der Waals surface area (Å²) in [6, 6.07) is 1.83. The van der Waals surface area contributed by atoms with Gasteiger partial charge in [-0.1, -0.05) is 22.4 Å². The van der Waals surface area contributed by atoms with Gasteiger partial charge in [-0.25, -0.2) is 0 Å². The average molecular weight is 302 g/mol. The molecule has 0 fully saturated rings. The first-order valence-corrected chi connectivity index (χ1v) is 7.19. The van der Waals surface area contributed by atoms with Crippen LogP contribution in [0.2, 0.25) is 0 Å². The van der Waals surface area contributed by atoms with Crippen LogP contribution >= 0.6 is 15.9 Å². The zero-order chi connectivity index (χ0) is 12.7. The predicted octanol–water partition coefficient (Wildman–Crippen LogP) is 2.51. The highest BCUT2D eigenvalue weighted by Gasteiger charge is 2.11. The minimum atomic E-state index is -0.0220. The third-order valence-corrected chi connectivity index (χ3v) is 3.09. The van der Waals surface area contributed by atoms with Gasteiger partial charge in [0, 0.05) is 18.4 Å². The van der Waals surface area contributed by atoms with Crippen molar-refractivity contribution < 1.29 is 4.79 Å². The number of aromatic nitrogens is 2. The number of alkyl halides is 1. The Morgan fingerprint density at radius 3 is 2.88 bits per heavy atom. The molecule has 0 saturated carbocycles. The molecule has 5 heteroatoms. The second kappa shape index (κ2) is 7.48. The van der Waals surface area contributed by atoms with Crippen molar-refractivity contribution in [3.8, 4) is 0 Å². The largest absolute Gasteiger partial charge is 0.351 e. The van der Waals surface area contributed by atoms with Crippen LogP contribution in [0.5, 0.6) is 0 Å². The molecule has 4 nitrogen and oxygen atoms in total. The first kappa shape index (κ1) is 14.2. The van der Waals surface area contributed by atoms with Crippen molar-refractivity contribution >= 4 is 21.8 Å². The van der Waals surface area contributed by atoms with Gasteiger partial charge in [0.05, 0.1) is 5.69 Å². The summed E-state index contributed by atoms with van der Waals surface area (Å²) < 4.78 is 1.74. The number of nitrogens with one attached hydrogen (secondary N) is 1. The monoisotopic (exact) mass is 301 g/mol. The van der Waals surface area contributed by atoms with Crippen LogP contribution in [0.1, 0.15) is 42.4 Å². The lowest BCUT2D eigenvalue weighted by molar-refractivity contribution is 0.0942. The summed E-state index contributed by atoms with van der Waals surface area (Å²) in [4.78, 5) is 11.9. The normalized spacial score (nSPS) is 10.5. The molecule has 1 rings (SSSR count). The van der Waals surface area contributed by atoms with Crippen LogP contribution in [0.4, 0.5) is 0 Å². The molecule has 0 unspecified atom stereocenters. The average Bonchev–Trinajstić information content (AvgIpc) is 2.70. The highest BCUT2D eigenvalue weighted by Crippen LogP contribution is 2.04. The minimum absolute atomic E-state index is 0.0220. The van der Waals surface area contributed by atoms with E-state index in [1.807, 2.05) is 19.9 Å². The van der Waals surface area contributed by atoms with E-state index in [9.17, 15) is 4.79 Å². The van der Waals surface area contributed by atoms with Gasteiger partial charge in [-0.15, -0.1) is 0 Å². The molecule has 1 heterocycles. The molecule has 1 aromatic rings. The molecule has 1 amide bonds. The molecule has 0 aliphatic heterocycles. The van der Waals surface area contributed by atoms with Gasteiger partial charge in [-0.2, -0.15) is 5.10 Å². The third-order valence-electron chi connectivity index (χ3n) is 2.53. The smallest absolute Gasteiger partial charge is 0.269 e. The topological polar surface area (TPSA) is 46.9 Å². The molecule has 0 aromatic carbocycles. The second-order valence-electron chi connectivity index (χ2n) is 3.99. The number of halogens is 1. The van der Waals surface area contributed by atoms with E-state index >= 15 is 0 Å². The van der Waals surface area contributed by atoms with Crippen molar-refractivity contribution in [3.63, 3.8) is 0 Å². The van der Waals surface area contributed by atoms with Gasteiger partial charge in [-0.05, 0) is 32.8 Å². The molecule has 0 radical (unpaired) electrons. The van der Waals surface area contributed by atoms with Crippen molar-refractivity contribution in [3.05, 3.63) is 17.5 Å². The van der Waals surface area contributed by atoms with Crippen molar-refractivity contribution in [1.29, 1.82) is 0 Å². The van der Waals surface area contributed by atoms with Gasteiger partial charge >= 0.3 is 0 Å². The van der Waals surface area contributed by atoms with E-state index in [0.29, 0.717) is 5.69 Å². The molecule has 0 bridgehead atoms. The Hall–Kier alpha value is -0.840. The fourth-order valence-electron chi connectivity index (χ4n) is 1.66. The number of aryl methyl sites for hydroxylation is 2. The van der Waals surface area contributed by atoms with E-state index in [1.165, 1.54) is 0 Å². The molecule has 0 aliphatic rings. The maximum Gasteiger partial charge on any atom is 0.269 e. The molecule has 0 spiro atoms.